The summed E-state index contributed by atoms with van der Waals surface area (Å²) in [5, 5.41) is 12.0. The van der Waals surface area contributed by atoms with Gasteiger partial charge < -0.3 is 19.9 Å². The fourth-order valence-electron chi connectivity index (χ4n) is 1.96. The molecule has 5 heteroatoms. The van der Waals surface area contributed by atoms with Crippen LogP contribution in [0.1, 0.15) is 23.2 Å². The van der Waals surface area contributed by atoms with Crippen LogP contribution in [0.25, 0.3) is 0 Å². The molecule has 0 unspecified atom stereocenters. The van der Waals surface area contributed by atoms with Crippen LogP contribution in [0, 0.1) is 0 Å². The van der Waals surface area contributed by atoms with Gasteiger partial charge in [0.2, 0.25) is 0 Å². The second kappa shape index (κ2) is 5.27. The van der Waals surface area contributed by atoms with E-state index in [1.165, 1.54) is 7.11 Å². The zero-order valence-electron chi connectivity index (χ0n) is 10.5. The maximum absolute atomic E-state index is 12.1. The van der Waals surface area contributed by atoms with Crippen molar-refractivity contribution < 1.29 is 19.4 Å². The minimum absolute atomic E-state index is 0.0448. The summed E-state index contributed by atoms with van der Waals surface area (Å²) in [6.45, 7) is 0. The third-order valence-electron chi connectivity index (χ3n) is 3.10. The van der Waals surface area contributed by atoms with Crippen LogP contribution in [-0.2, 0) is 0 Å². The molecule has 0 bridgehead atoms. The van der Waals surface area contributed by atoms with Gasteiger partial charge in [0, 0.05) is 6.04 Å². The zero-order chi connectivity index (χ0) is 13.1. The fourth-order valence-corrected chi connectivity index (χ4v) is 1.96. The monoisotopic (exact) mass is 251 g/mol. The van der Waals surface area contributed by atoms with E-state index in [0.717, 1.165) is 0 Å². The Balaban J connectivity index is 2.12. The molecule has 0 aromatic heterocycles. The summed E-state index contributed by atoms with van der Waals surface area (Å²) in [6, 6.07) is 5.12. The molecule has 1 aliphatic rings. The molecule has 0 aliphatic heterocycles. The van der Waals surface area contributed by atoms with Crippen molar-refractivity contribution in [2.75, 3.05) is 14.2 Å². The number of ether oxygens (including phenoxy) is 2. The van der Waals surface area contributed by atoms with E-state index in [1.807, 2.05) is 0 Å². The molecule has 2 rings (SSSR count). The van der Waals surface area contributed by atoms with Gasteiger partial charge in [-0.2, -0.15) is 0 Å². The van der Waals surface area contributed by atoms with Gasteiger partial charge in [0.15, 0.2) is 0 Å². The predicted molar refractivity (Wildman–Crippen MR) is 66.0 cm³/mol. The van der Waals surface area contributed by atoms with Crippen LogP contribution in [0.5, 0.6) is 11.5 Å². The van der Waals surface area contributed by atoms with E-state index in [9.17, 15) is 9.90 Å². The Morgan fingerprint density at radius 3 is 2.61 bits per heavy atom. The lowest BCUT2D eigenvalue weighted by molar-refractivity contribution is 0.0561. The Bertz CT molecular complexity index is 441. The Labute approximate surface area is 106 Å². The summed E-state index contributed by atoms with van der Waals surface area (Å²) in [5.41, 5.74) is 0.443. The van der Waals surface area contributed by atoms with E-state index in [2.05, 4.69) is 5.32 Å². The molecule has 0 atom stereocenters. The highest BCUT2D eigenvalue weighted by Gasteiger charge is 2.29. The van der Waals surface area contributed by atoms with Crippen LogP contribution in [0.3, 0.4) is 0 Å². The molecule has 1 fully saturated rings. The highest BCUT2D eigenvalue weighted by Crippen LogP contribution is 2.25. The smallest absolute Gasteiger partial charge is 0.255 e. The van der Waals surface area contributed by atoms with Crippen molar-refractivity contribution in [1.29, 1.82) is 0 Å². The van der Waals surface area contributed by atoms with E-state index in [1.54, 1.807) is 25.3 Å². The summed E-state index contributed by atoms with van der Waals surface area (Å²) in [7, 11) is 3.07. The highest BCUT2D eigenvalue weighted by atomic mass is 16.5. The number of hydrogen-bond acceptors (Lipinski definition) is 4. The van der Waals surface area contributed by atoms with Crippen LogP contribution in [-0.4, -0.2) is 37.4 Å². The molecular formula is C13H17NO4. The quantitative estimate of drug-likeness (QED) is 0.836. The van der Waals surface area contributed by atoms with E-state index >= 15 is 0 Å². The molecule has 1 aromatic carbocycles. The van der Waals surface area contributed by atoms with Crippen LogP contribution < -0.4 is 14.8 Å². The maximum atomic E-state index is 12.1. The molecule has 0 heterocycles. The van der Waals surface area contributed by atoms with Crippen LogP contribution in [0.2, 0.25) is 0 Å². The number of carbonyl (C=O) groups is 1. The number of nitrogens with one attached hydrogen (secondary N) is 1. The third-order valence-corrected chi connectivity index (χ3v) is 3.10. The van der Waals surface area contributed by atoms with Crippen molar-refractivity contribution in [3.8, 4) is 11.5 Å². The second-order valence-electron chi connectivity index (χ2n) is 4.36. The number of hydrogen-bond donors (Lipinski definition) is 2. The third kappa shape index (κ3) is 2.56. The lowest BCUT2D eigenvalue weighted by Gasteiger charge is -2.32. The molecule has 0 saturated heterocycles. The van der Waals surface area contributed by atoms with Gasteiger partial charge in [-0.25, -0.2) is 0 Å². The summed E-state index contributed by atoms with van der Waals surface area (Å²) < 4.78 is 10.2. The first-order valence-electron chi connectivity index (χ1n) is 5.85. The number of aliphatic hydroxyl groups is 1. The Morgan fingerprint density at radius 2 is 2.06 bits per heavy atom. The van der Waals surface area contributed by atoms with Gasteiger partial charge in [0.25, 0.3) is 5.91 Å². The average Bonchev–Trinajstić information content (AvgIpc) is 2.36. The summed E-state index contributed by atoms with van der Waals surface area (Å²) in [5.74, 6) is 0.908. The van der Waals surface area contributed by atoms with E-state index in [-0.39, 0.29) is 18.1 Å². The zero-order valence-corrected chi connectivity index (χ0v) is 10.5. The van der Waals surface area contributed by atoms with E-state index in [0.29, 0.717) is 29.9 Å². The Kier molecular flexibility index (Phi) is 3.72. The molecule has 1 aromatic rings. The average molecular weight is 251 g/mol. The second-order valence-corrected chi connectivity index (χ2v) is 4.36. The van der Waals surface area contributed by atoms with Gasteiger partial charge in [-0.15, -0.1) is 0 Å². The fraction of sp³-hybridized carbons (Fsp3) is 0.462. The normalized spacial score (nSPS) is 21.9. The Hall–Kier alpha value is -1.75. The van der Waals surface area contributed by atoms with Crippen molar-refractivity contribution >= 4 is 5.91 Å². The minimum atomic E-state index is -0.289. The summed E-state index contributed by atoms with van der Waals surface area (Å²) in [6.07, 6.45) is 0.929. The number of benzene rings is 1. The van der Waals surface area contributed by atoms with Gasteiger partial charge in [0.05, 0.1) is 25.9 Å². The Morgan fingerprint density at radius 1 is 1.33 bits per heavy atom. The van der Waals surface area contributed by atoms with Gasteiger partial charge in [-0.1, -0.05) is 0 Å². The van der Waals surface area contributed by atoms with Crippen LogP contribution >= 0.6 is 0 Å². The lowest BCUT2D eigenvalue weighted by Crippen LogP contribution is -2.46. The van der Waals surface area contributed by atoms with Gasteiger partial charge in [-0.05, 0) is 31.0 Å². The molecule has 1 saturated carbocycles. The molecule has 0 spiro atoms. The van der Waals surface area contributed by atoms with E-state index < -0.39 is 0 Å². The number of rotatable bonds is 4. The van der Waals surface area contributed by atoms with E-state index in [4.69, 9.17) is 9.47 Å². The SMILES string of the molecule is COc1ccc(OC)c(C(=O)NC2CC(O)C2)c1. The van der Waals surface area contributed by atoms with Crippen molar-refractivity contribution in [2.45, 2.75) is 25.0 Å². The number of aliphatic hydroxyl groups excluding tert-OH is 1. The summed E-state index contributed by atoms with van der Waals surface area (Å²) >= 11 is 0. The van der Waals surface area contributed by atoms with Crippen LogP contribution in [0.4, 0.5) is 0 Å². The molecule has 98 valence electrons. The largest absolute Gasteiger partial charge is 0.497 e. The van der Waals surface area contributed by atoms with Crippen molar-refractivity contribution in [2.24, 2.45) is 0 Å². The topological polar surface area (TPSA) is 67.8 Å². The molecule has 1 amide bonds. The molecular weight excluding hydrogens is 234 g/mol. The molecule has 2 N–H and O–H groups in total. The van der Waals surface area contributed by atoms with Crippen molar-refractivity contribution in [1.82, 2.24) is 5.32 Å². The molecule has 0 radical (unpaired) electrons. The first kappa shape index (κ1) is 12.7. The molecule has 5 nitrogen and oxygen atoms in total. The van der Waals surface area contributed by atoms with Gasteiger partial charge >= 0.3 is 0 Å². The van der Waals surface area contributed by atoms with Crippen LogP contribution in [0.15, 0.2) is 18.2 Å². The van der Waals surface area contributed by atoms with Gasteiger partial charge in [0.1, 0.15) is 11.5 Å². The molecule has 18 heavy (non-hydrogen) atoms. The molecule has 1 aliphatic carbocycles. The predicted octanol–water partition coefficient (Wildman–Crippen LogP) is 0.957. The number of amides is 1. The standard InChI is InChI=1S/C13H17NO4/c1-17-10-3-4-12(18-2)11(7-10)13(16)14-8-5-9(15)6-8/h3-4,7-9,15H,5-6H2,1-2H3,(H,14,16). The van der Waals surface area contributed by atoms with Gasteiger partial charge in [-0.3, -0.25) is 4.79 Å². The van der Waals surface area contributed by atoms with Crippen molar-refractivity contribution in [3.63, 3.8) is 0 Å². The maximum Gasteiger partial charge on any atom is 0.255 e. The minimum Gasteiger partial charge on any atom is -0.497 e. The number of methoxy groups -OCH3 is 2. The van der Waals surface area contributed by atoms with Crippen molar-refractivity contribution in [3.05, 3.63) is 23.8 Å². The first-order valence-corrected chi connectivity index (χ1v) is 5.85. The lowest BCUT2D eigenvalue weighted by atomic mass is 9.89. The highest BCUT2D eigenvalue weighted by molar-refractivity contribution is 5.97. The first-order chi connectivity index (χ1) is 8.63. The summed E-state index contributed by atoms with van der Waals surface area (Å²) in [4.78, 5) is 12.1. The number of carbonyl (C=O) groups excluding carboxylic acids is 1.